The highest BCUT2D eigenvalue weighted by Gasteiger charge is 2.38. The van der Waals surface area contributed by atoms with Crippen LogP contribution in [-0.4, -0.2) is 46.6 Å². The van der Waals surface area contributed by atoms with E-state index in [9.17, 15) is 4.79 Å². The first kappa shape index (κ1) is 23.3. The zero-order valence-electron chi connectivity index (χ0n) is 19.7. The Morgan fingerprint density at radius 2 is 1.94 bits per heavy atom. The number of aromatic nitrogens is 4. The Morgan fingerprint density at radius 1 is 1.18 bits per heavy atom. The van der Waals surface area contributed by atoms with Crippen molar-refractivity contribution in [1.29, 1.82) is 0 Å². The van der Waals surface area contributed by atoms with Crippen LogP contribution in [0.25, 0.3) is 11.2 Å². The van der Waals surface area contributed by atoms with E-state index >= 15 is 0 Å². The largest absolute Gasteiger partial charge is 0.418 e. The summed E-state index contributed by atoms with van der Waals surface area (Å²) in [4.78, 5) is 25.3. The van der Waals surface area contributed by atoms with E-state index in [1.807, 2.05) is 10.6 Å². The molecule has 3 aromatic rings. The standard InChI is InChI=1S/C23H31N5O4Si/c1-23(2,3)33(4,5)30-13-17-11-12-18(31-17)28-15-26-19-20(24-14-25-21(19)28)27-22(29)32-16-9-7-6-8-10-16/h6-10,14-15,17-18H,11-13H2,1-5H3,(H,24,25,27,29)/t17-,18+/m0/s1. The van der Waals surface area contributed by atoms with Gasteiger partial charge in [-0.15, -0.1) is 0 Å². The molecule has 2 aromatic heterocycles. The van der Waals surface area contributed by atoms with Crippen LogP contribution in [0.15, 0.2) is 43.0 Å². The third-order valence-electron chi connectivity index (χ3n) is 6.36. The van der Waals surface area contributed by atoms with Gasteiger partial charge in [0.1, 0.15) is 18.3 Å². The van der Waals surface area contributed by atoms with Crippen molar-refractivity contribution in [2.24, 2.45) is 0 Å². The van der Waals surface area contributed by atoms with Crippen molar-refractivity contribution in [1.82, 2.24) is 19.5 Å². The van der Waals surface area contributed by atoms with Crippen LogP contribution in [0.3, 0.4) is 0 Å². The summed E-state index contributed by atoms with van der Waals surface area (Å²) in [5.41, 5.74) is 1.07. The average molecular weight is 470 g/mol. The van der Waals surface area contributed by atoms with Gasteiger partial charge in [-0.1, -0.05) is 39.0 Å². The molecule has 1 N–H and O–H groups in total. The first-order chi connectivity index (χ1) is 15.6. The van der Waals surface area contributed by atoms with Gasteiger partial charge in [0.15, 0.2) is 25.3 Å². The van der Waals surface area contributed by atoms with Gasteiger partial charge in [0.05, 0.1) is 19.0 Å². The topological polar surface area (TPSA) is 100 Å². The maximum absolute atomic E-state index is 12.3. The SMILES string of the molecule is CC(C)(C)[Si](C)(C)OC[C@@H]1CC[C@H](n2cnc3c(NC(=O)Oc4ccccc4)ncnc32)O1. The van der Waals surface area contributed by atoms with Crippen LogP contribution < -0.4 is 10.1 Å². The molecule has 1 amide bonds. The molecule has 1 saturated heterocycles. The molecule has 1 aliphatic rings. The number of nitrogens with zero attached hydrogens (tertiary/aromatic N) is 4. The fourth-order valence-electron chi connectivity index (χ4n) is 3.40. The van der Waals surface area contributed by atoms with Crippen molar-refractivity contribution in [3.8, 4) is 5.75 Å². The number of ether oxygens (including phenoxy) is 2. The van der Waals surface area contributed by atoms with Gasteiger partial charge in [-0.3, -0.25) is 9.88 Å². The van der Waals surface area contributed by atoms with Gasteiger partial charge in [-0.2, -0.15) is 0 Å². The highest BCUT2D eigenvalue weighted by atomic mass is 28.4. The molecule has 1 fully saturated rings. The number of benzene rings is 1. The number of amides is 1. The van der Waals surface area contributed by atoms with Crippen LogP contribution in [0.5, 0.6) is 5.75 Å². The van der Waals surface area contributed by atoms with E-state index in [0.29, 0.717) is 23.5 Å². The molecule has 4 rings (SSSR count). The number of hydrogen-bond acceptors (Lipinski definition) is 7. The van der Waals surface area contributed by atoms with Crippen molar-refractivity contribution in [2.75, 3.05) is 11.9 Å². The molecule has 0 radical (unpaired) electrons. The van der Waals surface area contributed by atoms with Gasteiger partial charge >= 0.3 is 6.09 Å². The molecule has 3 heterocycles. The molecule has 9 nitrogen and oxygen atoms in total. The molecular weight excluding hydrogens is 438 g/mol. The molecular formula is C23H31N5O4Si. The first-order valence-electron chi connectivity index (χ1n) is 11.1. The maximum Gasteiger partial charge on any atom is 0.418 e. The molecule has 0 saturated carbocycles. The maximum atomic E-state index is 12.3. The highest BCUT2D eigenvalue weighted by Crippen LogP contribution is 2.38. The molecule has 2 atom stereocenters. The van der Waals surface area contributed by atoms with Crippen LogP contribution in [0.4, 0.5) is 10.6 Å². The molecule has 1 aliphatic heterocycles. The number of imidazole rings is 1. The number of hydrogen-bond donors (Lipinski definition) is 1. The number of carbonyl (C=O) groups excluding carboxylic acids is 1. The molecule has 0 spiro atoms. The number of rotatable bonds is 6. The van der Waals surface area contributed by atoms with Gasteiger partial charge in [0.2, 0.25) is 0 Å². The summed E-state index contributed by atoms with van der Waals surface area (Å²) >= 11 is 0. The zero-order chi connectivity index (χ0) is 23.6. The van der Waals surface area contributed by atoms with E-state index in [-0.39, 0.29) is 23.2 Å². The Morgan fingerprint density at radius 3 is 2.67 bits per heavy atom. The third kappa shape index (κ3) is 5.23. The molecule has 33 heavy (non-hydrogen) atoms. The molecule has 0 unspecified atom stereocenters. The Hall–Kier alpha value is -2.82. The number of fused-ring (bicyclic) bond motifs is 1. The third-order valence-corrected chi connectivity index (χ3v) is 10.9. The van der Waals surface area contributed by atoms with E-state index in [1.54, 1.807) is 30.6 Å². The lowest BCUT2D eigenvalue weighted by Crippen LogP contribution is -2.42. The minimum Gasteiger partial charge on any atom is -0.414 e. The molecule has 0 bridgehead atoms. The minimum absolute atomic E-state index is 0.0295. The Labute approximate surface area is 194 Å². The summed E-state index contributed by atoms with van der Waals surface area (Å²) in [6.07, 6.45) is 4.00. The predicted molar refractivity (Wildman–Crippen MR) is 128 cm³/mol. The number of nitrogens with one attached hydrogen (secondary N) is 1. The van der Waals surface area contributed by atoms with Crippen molar-refractivity contribution in [2.45, 2.75) is 64.1 Å². The molecule has 0 aliphatic carbocycles. The minimum atomic E-state index is -1.83. The summed E-state index contributed by atoms with van der Waals surface area (Å²) < 4.78 is 19.8. The number of carbonyl (C=O) groups is 1. The lowest BCUT2D eigenvalue weighted by atomic mass is 10.2. The first-order valence-corrected chi connectivity index (χ1v) is 14.1. The van der Waals surface area contributed by atoms with Crippen molar-refractivity contribution in [3.63, 3.8) is 0 Å². The fourth-order valence-corrected chi connectivity index (χ4v) is 4.44. The second-order valence-corrected chi connectivity index (χ2v) is 14.5. The number of anilines is 1. The highest BCUT2D eigenvalue weighted by molar-refractivity contribution is 6.74. The Balaban J connectivity index is 1.42. The van der Waals surface area contributed by atoms with Crippen molar-refractivity contribution in [3.05, 3.63) is 43.0 Å². The van der Waals surface area contributed by atoms with Gasteiger partial charge in [-0.25, -0.2) is 19.7 Å². The van der Waals surface area contributed by atoms with Crippen LogP contribution in [0.1, 0.15) is 39.8 Å². The zero-order valence-corrected chi connectivity index (χ0v) is 20.7. The van der Waals surface area contributed by atoms with Gasteiger partial charge in [-0.05, 0) is 43.1 Å². The summed E-state index contributed by atoms with van der Waals surface area (Å²) in [6, 6.07) is 8.83. The van der Waals surface area contributed by atoms with Crippen molar-refractivity contribution >= 4 is 31.4 Å². The van der Waals surface area contributed by atoms with Crippen LogP contribution in [0, 0.1) is 0 Å². The van der Waals surface area contributed by atoms with E-state index in [4.69, 9.17) is 13.9 Å². The van der Waals surface area contributed by atoms with E-state index in [2.05, 4.69) is 54.1 Å². The van der Waals surface area contributed by atoms with Crippen LogP contribution >= 0.6 is 0 Å². The lowest BCUT2D eigenvalue weighted by Gasteiger charge is -2.36. The Bertz CT molecular complexity index is 1110. The average Bonchev–Trinajstić information content (AvgIpc) is 3.39. The second kappa shape index (κ2) is 9.20. The lowest BCUT2D eigenvalue weighted by molar-refractivity contribution is -0.0182. The molecule has 176 valence electrons. The predicted octanol–water partition coefficient (Wildman–Crippen LogP) is 5.14. The second-order valence-electron chi connectivity index (χ2n) is 9.74. The van der Waals surface area contributed by atoms with E-state index in [1.165, 1.54) is 6.33 Å². The number of para-hydroxylation sites is 1. The summed E-state index contributed by atoms with van der Waals surface area (Å²) in [5, 5.41) is 2.81. The fraction of sp³-hybridized carbons (Fsp3) is 0.478. The van der Waals surface area contributed by atoms with E-state index in [0.717, 1.165) is 12.8 Å². The smallest absolute Gasteiger partial charge is 0.414 e. The van der Waals surface area contributed by atoms with Crippen LogP contribution in [0.2, 0.25) is 18.1 Å². The molecule has 10 heteroatoms. The van der Waals surface area contributed by atoms with Gasteiger partial charge < -0.3 is 13.9 Å². The summed E-state index contributed by atoms with van der Waals surface area (Å²) in [5.74, 6) is 0.728. The Kier molecular flexibility index (Phi) is 6.51. The normalized spacial score (nSPS) is 19.1. The van der Waals surface area contributed by atoms with Gasteiger partial charge in [0.25, 0.3) is 0 Å². The summed E-state index contributed by atoms with van der Waals surface area (Å²) in [7, 11) is -1.83. The quantitative estimate of drug-likeness (QED) is 0.499. The van der Waals surface area contributed by atoms with Crippen LogP contribution in [-0.2, 0) is 9.16 Å². The van der Waals surface area contributed by atoms with E-state index < -0.39 is 14.4 Å². The molecule has 1 aromatic carbocycles. The monoisotopic (exact) mass is 469 g/mol. The van der Waals surface area contributed by atoms with Crippen molar-refractivity contribution < 1.29 is 18.7 Å². The summed E-state index contributed by atoms with van der Waals surface area (Å²) in [6.45, 7) is 11.8. The van der Waals surface area contributed by atoms with Gasteiger partial charge in [0, 0.05) is 0 Å².